The van der Waals surface area contributed by atoms with Gasteiger partial charge in [-0.25, -0.2) is 4.79 Å². The molecular weight excluding hydrogens is 362 g/mol. The molecule has 7 nitrogen and oxygen atoms in total. The number of hydrogen-bond donors (Lipinski definition) is 0. The van der Waals surface area contributed by atoms with E-state index in [9.17, 15) is 14.4 Å². The molecule has 1 aromatic rings. The minimum absolute atomic E-state index is 0.0170. The van der Waals surface area contributed by atoms with E-state index >= 15 is 0 Å². The zero-order valence-corrected chi connectivity index (χ0v) is 17.4. The molecule has 1 aliphatic heterocycles. The summed E-state index contributed by atoms with van der Waals surface area (Å²) in [6, 6.07) is 7.27. The summed E-state index contributed by atoms with van der Waals surface area (Å²) in [6.07, 6.45) is 0.167. The van der Waals surface area contributed by atoms with Gasteiger partial charge >= 0.3 is 11.9 Å². The average Bonchev–Trinajstić information content (AvgIpc) is 2.65. The molecule has 0 bridgehead atoms. The highest BCUT2D eigenvalue weighted by Gasteiger charge is 2.63. The number of carbonyl (C=O) groups is 3. The standard InChI is InChI=1S/C21H29NO6/c1-14-18(24)22(13-15-7-9-16(26-5)10-8-15)21(14,19(25)27-6)12-11-17(23)28-20(2,3)4/h7-10,14H,11-13H2,1-6H3/t14-,21+/m0/s1. The quantitative estimate of drug-likeness (QED) is 0.525. The second-order valence-corrected chi connectivity index (χ2v) is 8.00. The molecule has 2 rings (SSSR count). The summed E-state index contributed by atoms with van der Waals surface area (Å²) in [5, 5.41) is 0. The molecule has 1 heterocycles. The molecule has 2 atom stereocenters. The summed E-state index contributed by atoms with van der Waals surface area (Å²) in [4.78, 5) is 38.9. The minimum Gasteiger partial charge on any atom is -0.497 e. The molecule has 0 aromatic heterocycles. The SMILES string of the molecule is COC(=O)[C@@]1(CCC(=O)OC(C)(C)C)[C@@H](C)C(=O)N1Cc1ccc(OC)cc1. The lowest BCUT2D eigenvalue weighted by atomic mass is 9.70. The fourth-order valence-corrected chi connectivity index (χ4v) is 3.54. The van der Waals surface area contributed by atoms with E-state index in [0.717, 1.165) is 5.56 Å². The lowest BCUT2D eigenvalue weighted by molar-refractivity contribution is -0.192. The number of esters is 2. The highest BCUT2D eigenvalue weighted by Crippen LogP contribution is 2.43. The van der Waals surface area contributed by atoms with Gasteiger partial charge in [-0.05, 0) is 44.9 Å². The van der Waals surface area contributed by atoms with Gasteiger partial charge in [0.05, 0.1) is 20.1 Å². The Morgan fingerprint density at radius 2 is 1.75 bits per heavy atom. The Hall–Kier alpha value is -2.57. The van der Waals surface area contributed by atoms with Crippen LogP contribution in [0, 0.1) is 5.92 Å². The Balaban J connectivity index is 2.22. The van der Waals surface area contributed by atoms with Gasteiger partial charge < -0.3 is 19.1 Å². The predicted molar refractivity (Wildman–Crippen MR) is 103 cm³/mol. The Bertz CT molecular complexity index is 736. The minimum atomic E-state index is -1.18. The van der Waals surface area contributed by atoms with Crippen LogP contribution in [-0.2, 0) is 30.4 Å². The molecule has 1 saturated heterocycles. The van der Waals surface area contributed by atoms with Crippen LogP contribution in [0.5, 0.6) is 5.75 Å². The highest BCUT2D eigenvalue weighted by atomic mass is 16.6. The third-order valence-electron chi connectivity index (χ3n) is 5.00. The van der Waals surface area contributed by atoms with Crippen molar-refractivity contribution in [1.29, 1.82) is 0 Å². The fraction of sp³-hybridized carbons (Fsp3) is 0.571. The third-order valence-corrected chi connectivity index (χ3v) is 5.00. The predicted octanol–water partition coefficient (Wildman–Crippen LogP) is 2.71. The molecule has 0 radical (unpaired) electrons. The van der Waals surface area contributed by atoms with Crippen molar-refractivity contribution >= 4 is 17.8 Å². The van der Waals surface area contributed by atoms with Gasteiger partial charge in [-0.15, -0.1) is 0 Å². The van der Waals surface area contributed by atoms with Crippen molar-refractivity contribution in [3.8, 4) is 5.75 Å². The van der Waals surface area contributed by atoms with Crippen LogP contribution in [0.25, 0.3) is 0 Å². The van der Waals surface area contributed by atoms with Crippen molar-refractivity contribution in [2.24, 2.45) is 5.92 Å². The van der Waals surface area contributed by atoms with Crippen molar-refractivity contribution < 1.29 is 28.6 Å². The van der Waals surface area contributed by atoms with Gasteiger partial charge in [-0.2, -0.15) is 0 Å². The van der Waals surface area contributed by atoms with Crippen LogP contribution in [0.4, 0.5) is 0 Å². The molecule has 0 aliphatic carbocycles. The molecule has 154 valence electrons. The second kappa shape index (κ2) is 8.20. The maximum atomic E-state index is 12.7. The summed E-state index contributed by atoms with van der Waals surface area (Å²) in [5.74, 6) is -0.939. The van der Waals surface area contributed by atoms with Crippen LogP contribution < -0.4 is 4.74 Å². The van der Waals surface area contributed by atoms with Gasteiger partial charge in [0.2, 0.25) is 5.91 Å². The maximum absolute atomic E-state index is 12.7. The normalized spacial score (nSPS) is 21.7. The van der Waals surface area contributed by atoms with Crippen LogP contribution in [0.3, 0.4) is 0 Å². The molecule has 0 unspecified atom stereocenters. The van der Waals surface area contributed by atoms with E-state index in [1.54, 1.807) is 46.9 Å². The van der Waals surface area contributed by atoms with Gasteiger partial charge in [0.25, 0.3) is 0 Å². The van der Waals surface area contributed by atoms with Crippen molar-refractivity contribution in [2.45, 2.75) is 58.2 Å². The number of nitrogens with zero attached hydrogens (tertiary/aromatic N) is 1. The van der Waals surface area contributed by atoms with Gasteiger partial charge in [0.1, 0.15) is 11.4 Å². The first kappa shape index (κ1) is 21.7. The summed E-state index contributed by atoms with van der Waals surface area (Å²) < 4.78 is 15.5. The van der Waals surface area contributed by atoms with Crippen molar-refractivity contribution in [3.05, 3.63) is 29.8 Å². The lowest BCUT2D eigenvalue weighted by Crippen LogP contribution is -2.73. The molecule has 0 N–H and O–H groups in total. The number of amides is 1. The summed E-state index contributed by atoms with van der Waals surface area (Å²) >= 11 is 0. The van der Waals surface area contributed by atoms with Gasteiger partial charge in [0, 0.05) is 13.0 Å². The molecule has 28 heavy (non-hydrogen) atoms. The number of benzene rings is 1. The van der Waals surface area contributed by atoms with Gasteiger partial charge in [-0.3, -0.25) is 9.59 Å². The first-order valence-electron chi connectivity index (χ1n) is 9.30. The molecule has 0 spiro atoms. The number of methoxy groups -OCH3 is 2. The Morgan fingerprint density at radius 3 is 2.25 bits per heavy atom. The topological polar surface area (TPSA) is 82.1 Å². The number of β-lactam (4-membered cyclic amide) rings is 1. The van der Waals surface area contributed by atoms with Crippen LogP contribution >= 0.6 is 0 Å². The van der Waals surface area contributed by atoms with E-state index < -0.39 is 29.0 Å². The monoisotopic (exact) mass is 391 g/mol. The Morgan fingerprint density at radius 1 is 1.14 bits per heavy atom. The fourth-order valence-electron chi connectivity index (χ4n) is 3.54. The highest BCUT2D eigenvalue weighted by molar-refractivity contribution is 6.01. The molecular formula is C21H29NO6. The van der Waals surface area contributed by atoms with Crippen molar-refractivity contribution in [3.63, 3.8) is 0 Å². The van der Waals surface area contributed by atoms with E-state index in [1.807, 2.05) is 12.1 Å². The Labute approximate surface area is 165 Å². The summed E-state index contributed by atoms with van der Waals surface area (Å²) in [6.45, 7) is 7.29. The van der Waals surface area contributed by atoms with Gasteiger partial charge in [0.15, 0.2) is 5.54 Å². The zero-order chi connectivity index (χ0) is 21.1. The van der Waals surface area contributed by atoms with Crippen LogP contribution in [0.1, 0.15) is 46.1 Å². The number of ether oxygens (including phenoxy) is 3. The number of carbonyl (C=O) groups excluding carboxylic acids is 3. The van der Waals surface area contributed by atoms with E-state index in [4.69, 9.17) is 14.2 Å². The molecule has 1 aromatic carbocycles. The van der Waals surface area contributed by atoms with Crippen LogP contribution in [0.2, 0.25) is 0 Å². The van der Waals surface area contributed by atoms with Crippen molar-refractivity contribution in [2.75, 3.05) is 14.2 Å². The first-order valence-corrected chi connectivity index (χ1v) is 9.30. The molecule has 0 saturated carbocycles. The summed E-state index contributed by atoms with van der Waals surface area (Å²) in [7, 11) is 2.87. The van der Waals surface area contributed by atoms with E-state index in [0.29, 0.717) is 5.75 Å². The molecule has 1 amide bonds. The maximum Gasteiger partial charge on any atom is 0.332 e. The van der Waals surface area contributed by atoms with Crippen LogP contribution in [0.15, 0.2) is 24.3 Å². The second-order valence-electron chi connectivity index (χ2n) is 8.00. The van der Waals surface area contributed by atoms with E-state index in [-0.39, 0.29) is 25.3 Å². The largest absolute Gasteiger partial charge is 0.497 e. The lowest BCUT2D eigenvalue weighted by Gasteiger charge is -2.54. The Kier molecular flexibility index (Phi) is 6.37. The molecule has 7 heteroatoms. The van der Waals surface area contributed by atoms with Crippen LogP contribution in [-0.4, -0.2) is 48.1 Å². The van der Waals surface area contributed by atoms with Crippen molar-refractivity contribution in [1.82, 2.24) is 4.90 Å². The van der Waals surface area contributed by atoms with Gasteiger partial charge in [-0.1, -0.05) is 19.1 Å². The first-order chi connectivity index (χ1) is 13.0. The number of hydrogen-bond acceptors (Lipinski definition) is 6. The number of likely N-dealkylation sites (tertiary alicyclic amines) is 1. The van der Waals surface area contributed by atoms with E-state index in [1.165, 1.54) is 12.0 Å². The third kappa shape index (κ3) is 4.29. The number of rotatable bonds is 7. The van der Waals surface area contributed by atoms with E-state index in [2.05, 4.69) is 0 Å². The molecule has 1 aliphatic rings. The summed E-state index contributed by atoms with van der Waals surface area (Å²) in [5.41, 5.74) is -0.936. The molecule has 1 fully saturated rings. The zero-order valence-electron chi connectivity index (χ0n) is 17.4. The average molecular weight is 391 g/mol. The smallest absolute Gasteiger partial charge is 0.332 e.